The molecule has 1 aliphatic rings. The minimum Gasteiger partial charge on any atom is -0.367 e. The van der Waals surface area contributed by atoms with Crippen LogP contribution in [0.2, 0.25) is 0 Å². The molecule has 1 amide bonds. The van der Waals surface area contributed by atoms with Crippen molar-refractivity contribution in [1.82, 2.24) is 4.90 Å². The van der Waals surface area contributed by atoms with Crippen LogP contribution in [0.1, 0.15) is 12.5 Å². The first-order chi connectivity index (χ1) is 8.51. The fourth-order valence-corrected chi connectivity index (χ4v) is 2.51. The largest absolute Gasteiger partial charge is 0.367 e. The zero-order chi connectivity index (χ0) is 13.2. The van der Waals surface area contributed by atoms with Crippen molar-refractivity contribution >= 4 is 21.8 Å². The zero-order valence-corrected chi connectivity index (χ0v) is 11.9. The number of carbonyl (C=O) groups excluding carboxylic acids is 1. The first-order valence-corrected chi connectivity index (χ1v) is 6.70. The SMILES string of the molecule is CC1(C(N)=O)CN(Cc2ccccc2Br)CCO1. The van der Waals surface area contributed by atoms with Crippen LogP contribution in [-0.2, 0) is 16.1 Å². The molecule has 1 atom stereocenters. The van der Waals surface area contributed by atoms with Crippen molar-refractivity contribution in [3.63, 3.8) is 0 Å². The van der Waals surface area contributed by atoms with E-state index in [4.69, 9.17) is 10.5 Å². The standard InChI is InChI=1S/C13H17BrN2O2/c1-13(12(15)17)9-16(6-7-18-13)8-10-4-2-3-5-11(10)14/h2-5H,6-9H2,1H3,(H2,15,17). The Morgan fingerprint density at radius 2 is 2.28 bits per heavy atom. The lowest BCUT2D eigenvalue weighted by Gasteiger charge is -2.38. The van der Waals surface area contributed by atoms with E-state index in [9.17, 15) is 4.79 Å². The predicted molar refractivity (Wildman–Crippen MR) is 73.0 cm³/mol. The van der Waals surface area contributed by atoms with Crippen LogP contribution in [0.3, 0.4) is 0 Å². The average molecular weight is 313 g/mol. The molecule has 1 aromatic rings. The van der Waals surface area contributed by atoms with E-state index in [1.54, 1.807) is 6.92 Å². The molecule has 1 unspecified atom stereocenters. The Labute approximate surface area is 115 Å². The van der Waals surface area contributed by atoms with Gasteiger partial charge in [-0.2, -0.15) is 0 Å². The first-order valence-electron chi connectivity index (χ1n) is 5.91. The molecule has 1 aromatic carbocycles. The molecule has 1 aliphatic heterocycles. The molecule has 0 aliphatic carbocycles. The Hall–Kier alpha value is -0.910. The minimum absolute atomic E-state index is 0.403. The number of halogens is 1. The van der Waals surface area contributed by atoms with E-state index in [2.05, 4.69) is 26.9 Å². The van der Waals surface area contributed by atoms with Gasteiger partial charge >= 0.3 is 0 Å². The Balaban J connectivity index is 2.07. The number of nitrogens with zero attached hydrogens (tertiary/aromatic N) is 1. The summed E-state index contributed by atoms with van der Waals surface area (Å²) in [6, 6.07) is 8.08. The topological polar surface area (TPSA) is 55.6 Å². The van der Waals surface area contributed by atoms with E-state index in [0.717, 1.165) is 17.6 Å². The molecule has 1 fully saturated rings. The highest BCUT2D eigenvalue weighted by Crippen LogP contribution is 2.22. The van der Waals surface area contributed by atoms with Gasteiger partial charge in [0.1, 0.15) is 0 Å². The number of amides is 1. The molecule has 0 aromatic heterocycles. The van der Waals surface area contributed by atoms with E-state index in [0.29, 0.717) is 13.2 Å². The molecule has 98 valence electrons. The van der Waals surface area contributed by atoms with Gasteiger partial charge in [0.25, 0.3) is 5.91 Å². The van der Waals surface area contributed by atoms with Gasteiger partial charge in [0, 0.05) is 24.1 Å². The average Bonchev–Trinajstić information content (AvgIpc) is 2.32. The van der Waals surface area contributed by atoms with Gasteiger partial charge in [-0.25, -0.2) is 0 Å². The molecule has 0 radical (unpaired) electrons. The van der Waals surface area contributed by atoms with Gasteiger partial charge < -0.3 is 10.5 Å². The van der Waals surface area contributed by atoms with Crippen molar-refractivity contribution < 1.29 is 9.53 Å². The van der Waals surface area contributed by atoms with Crippen LogP contribution in [0.15, 0.2) is 28.7 Å². The van der Waals surface area contributed by atoms with Crippen molar-refractivity contribution in [3.8, 4) is 0 Å². The highest BCUT2D eigenvalue weighted by atomic mass is 79.9. The summed E-state index contributed by atoms with van der Waals surface area (Å²) >= 11 is 3.53. The summed E-state index contributed by atoms with van der Waals surface area (Å²) in [4.78, 5) is 13.6. The van der Waals surface area contributed by atoms with Crippen molar-refractivity contribution in [2.45, 2.75) is 19.1 Å². The maximum atomic E-state index is 11.4. The summed E-state index contributed by atoms with van der Waals surface area (Å²) in [6.45, 7) is 4.41. The summed E-state index contributed by atoms with van der Waals surface area (Å²) in [5.41, 5.74) is 5.71. The fourth-order valence-electron chi connectivity index (χ4n) is 2.10. The summed E-state index contributed by atoms with van der Waals surface area (Å²) in [5, 5.41) is 0. The lowest BCUT2D eigenvalue weighted by Crippen LogP contribution is -2.56. The normalized spacial score (nSPS) is 25.0. The van der Waals surface area contributed by atoms with Gasteiger partial charge in [-0.15, -0.1) is 0 Å². The second kappa shape index (κ2) is 5.38. The summed E-state index contributed by atoms with van der Waals surface area (Å²) in [5.74, 6) is -0.403. The summed E-state index contributed by atoms with van der Waals surface area (Å²) in [6.07, 6.45) is 0. The van der Waals surface area contributed by atoms with Crippen LogP contribution in [0.5, 0.6) is 0 Å². The van der Waals surface area contributed by atoms with Crippen molar-refractivity contribution in [1.29, 1.82) is 0 Å². The van der Waals surface area contributed by atoms with Crippen LogP contribution >= 0.6 is 15.9 Å². The minimum atomic E-state index is -0.875. The van der Waals surface area contributed by atoms with Gasteiger partial charge in [0.2, 0.25) is 0 Å². The maximum absolute atomic E-state index is 11.4. The number of hydrogen-bond donors (Lipinski definition) is 1. The molecule has 2 N–H and O–H groups in total. The lowest BCUT2D eigenvalue weighted by molar-refractivity contribution is -0.153. The van der Waals surface area contributed by atoms with Gasteiger partial charge in [-0.1, -0.05) is 34.1 Å². The molecule has 0 saturated carbocycles. The number of benzene rings is 1. The molecule has 2 rings (SSSR count). The molecule has 0 bridgehead atoms. The third-order valence-corrected chi connectivity index (χ3v) is 4.00. The van der Waals surface area contributed by atoms with E-state index in [1.165, 1.54) is 5.56 Å². The number of ether oxygens (including phenoxy) is 1. The van der Waals surface area contributed by atoms with Crippen LogP contribution < -0.4 is 5.73 Å². The number of carbonyl (C=O) groups is 1. The third kappa shape index (κ3) is 2.91. The molecular weight excluding hydrogens is 296 g/mol. The zero-order valence-electron chi connectivity index (χ0n) is 10.4. The predicted octanol–water partition coefficient (Wildman–Crippen LogP) is 1.53. The van der Waals surface area contributed by atoms with Gasteiger partial charge in [-0.3, -0.25) is 9.69 Å². The van der Waals surface area contributed by atoms with E-state index < -0.39 is 11.5 Å². The number of rotatable bonds is 3. The molecule has 5 heteroatoms. The second-order valence-electron chi connectivity index (χ2n) is 4.75. The monoisotopic (exact) mass is 312 g/mol. The van der Waals surface area contributed by atoms with Crippen molar-refractivity contribution in [3.05, 3.63) is 34.3 Å². The number of nitrogens with two attached hydrogens (primary N) is 1. The molecule has 4 nitrogen and oxygen atoms in total. The quantitative estimate of drug-likeness (QED) is 0.921. The molecule has 0 spiro atoms. The van der Waals surface area contributed by atoms with Gasteiger partial charge in [-0.05, 0) is 18.6 Å². The Bertz CT molecular complexity index is 452. The fraction of sp³-hybridized carbons (Fsp3) is 0.462. The Morgan fingerprint density at radius 3 is 2.94 bits per heavy atom. The molecule has 1 heterocycles. The lowest BCUT2D eigenvalue weighted by atomic mass is 10.0. The third-order valence-electron chi connectivity index (χ3n) is 3.23. The highest BCUT2D eigenvalue weighted by molar-refractivity contribution is 9.10. The van der Waals surface area contributed by atoms with Crippen LogP contribution in [0.4, 0.5) is 0 Å². The highest BCUT2D eigenvalue weighted by Gasteiger charge is 2.37. The molecular formula is C13H17BrN2O2. The van der Waals surface area contributed by atoms with Crippen LogP contribution in [0, 0.1) is 0 Å². The van der Waals surface area contributed by atoms with Crippen molar-refractivity contribution in [2.24, 2.45) is 5.73 Å². The molecule has 18 heavy (non-hydrogen) atoms. The van der Waals surface area contributed by atoms with Gasteiger partial charge in [0.05, 0.1) is 6.61 Å². The Kier molecular flexibility index (Phi) is 4.04. The van der Waals surface area contributed by atoms with E-state index in [1.807, 2.05) is 18.2 Å². The second-order valence-corrected chi connectivity index (χ2v) is 5.60. The van der Waals surface area contributed by atoms with Crippen LogP contribution in [-0.4, -0.2) is 36.1 Å². The van der Waals surface area contributed by atoms with E-state index in [-0.39, 0.29) is 0 Å². The maximum Gasteiger partial charge on any atom is 0.250 e. The van der Waals surface area contributed by atoms with Crippen LogP contribution in [0.25, 0.3) is 0 Å². The number of hydrogen-bond acceptors (Lipinski definition) is 3. The Morgan fingerprint density at radius 1 is 1.56 bits per heavy atom. The smallest absolute Gasteiger partial charge is 0.250 e. The summed E-state index contributed by atoms with van der Waals surface area (Å²) in [7, 11) is 0. The summed E-state index contributed by atoms with van der Waals surface area (Å²) < 4.78 is 6.58. The van der Waals surface area contributed by atoms with E-state index >= 15 is 0 Å². The molecule has 1 saturated heterocycles. The van der Waals surface area contributed by atoms with Gasteiger partial charge in [0.15, 0.2) is 5.60 Å². The first kappa shape index (κ1) is 13.5. The number of morpholine rings is 1. The van der Waals surface area contributed by atoms with Crippen molar-refractivity contribution in [2.75, 3.05) is 19.7 Å². The number of primary amides is 1.